The maximum atomic E-state index is 11.8. The first-order valence-electron chi connectivity index (χ1n) is 2.71. The molecular formula is C6H3F3NO. The number of rotatable bonds is 0. The van der Waals surface area contributed by atoms with Crippen molar-refractivity contribution in [1.82, 2.24) is 4.98 Å². The van der Waals surface area contributed by atoms with Crippen LogP contribution in [-0.2, 0) is 11.3 Å². The minimum Gasteiger partial charge on any atom is -0.267 e. The Morgan fingerprint density at radius 2 is 1.91 bits per heavy atom. The molecule has 11 heavy (non-hydrogen) atoms. The zero-order valence-electron chi connectivity index (χ0n) is 5.22. The Morgan fingerprint density at radius 1 is 1.27 bits per heavy atom. The fourth-order valence-electron chi connectivity index (χ4n) is 0.573. The highest BCUT2D eigenvalue weighted by molar-refractivity contribution is 5.15. The summed E-state index contributed by atoms with van der Waals surface area (Å²) >= 11 is 0. The molecule has 0 N–H and O–H groups in total. The van der Waals surface area contributed by atoms with Gasteiger partial charge in [-0.2, -0.15) is 13.2 Å². The van der Waals surface area contributed by atoms with Crippen molar-refractivity contribution in [2.75, 3.05) is 0 Å². The van der Waals surface area contributed by atoms with Crippen LogP contribution in [0.2, 0.25) is 0 Å². The van der Waals surface area contributed by atoms with Crippen molar-refractivity contribution in [2.45, 2.75) is 6.18 Å². The molecule has 0 fully saturated rings. The van der Waals surface area contributed by atoms with Gasteiger partial charge in [-0.1, -0.05) is 6.07 Å². The van der Waals surface area contributed by atoms with Crippen molar-refractivity contribution in [2.24, 2.45) is 0 Å². The number of aromatic nitrogens is 1. The molecule has 0 saturated heterocycles. The zero-order chi connectivity index (χ0) is 8.48. The molecule has 1 aromatic heterocycles. The van der Waals surface area contributed by atoms with Crippen LogP contribution in [0.4, 0.5) is 13.2 Å². The van der Waals surface area contributed by atoms with E-state index in [1.165, 1.54) is 0 Å². The summed E-state index contributed by atoms with van der Waals surface area (Å²) in [6, 6.07) is 2.74. The van der Waals surface area contributed by atoms with E-state index in [9.17, 15) is 18.3 Å². The third-order valence-electron chi connectivity index (χ3n) is 1.01. The van der Waals surface area contributed by atoms with Crippen molar-refractivity contribution >= 4 is 0 Å². The van der Waals surface area contributed by atoms with E-state index in [-0.39, 0.29) is 0 Å². The SMILES string of the molecule is [O]c1cccc(C(F)(F)F)n1. The number of pyridine rings is 1. The van der Waals surface area contributed by atoms with Gasteiger partial charge in [0.25, 0.3) is 5.88 Å². The van der Waals surface area contributed by atoms with Gasteiger partial charge in [-0.05, 0) is 6.07 Å². The molecule has 0 aliphatic heterocycles. The Bertz CT molecular complexity index is 258. The first-order valence-corrected chi connectivity index (χ1v) is 2.71. The summed E-state index contributed by atoms with van der Waals surface area (Å²) in [7, 11) is 0. The van der Waals surface area contributed by atoms with Crippen LogP contribution >= 0.6 is 0 Å². The van der Waals surface area contributed by atoms with E-state index in [0.29, 0.717) is 0 Å². The quantitative estimate of drug-likeness (QED) is 0.575. The highest BCUT2D eigenvalue weighted by Crippen LogP contribution is 2.28. The molecule has 1 radical (unpaired) electrons. The Kier molecular flexibility index (Phi) is 1.72. The highest BCUT2D eigenvalue weighted by atomic mass is 19.4. The van der Waals surface area contributed by atoms with Gasteiger partial charge in [0.05, 0.1) is 0 Å². The third kappa shape index (κ3) is 1.83. The largest absolute Gasteiger partial charge is 0.433 e. The summed E-state index contributed by atoms with van der Waals surface area (Å²) in [5, 5.41) is 10.3. The van der Waals surface area contributed by atoms with E-state index in [1.807, 2.05) is 0 Å². The molecule has 1 rings (SSSR count). The lowest BCUT2D eigenvalue weighted by atomic mass is 10.3. The first-order chi connectivity index (χ1) is 5.00. The number of halogens is 3. The monoisotopic (exact) mass is 162 g/mol. The van der Waals surface area contributed by atoms with Gasteiger partial charge >= 0.3 is 6.18 Å². The Hall–Kier alpha value is -1.26. The van der Waals surface area contributed by atoms with Crippen molar-refractivity contribution in [3.8, 4) is 5.88 Å². The summed E-state index contributed by atoms with van der Waals surface area (Å²) in [4.78, 5) is 2.76. The fourth-order valence-corrected chi connectivity index (χ4v) is 0.573. The molecule has 1 heterocycles. The lowest BCUT2D eigenvalue weighted by Gasteiger charge is -2.03. The van der Waals surface area contributed by atoms with Crippen LogP contribution in [0, 0.1) is 0 Å². The molecule has 0 spiro atoms. The maximum Gasteiger partial charge on any atom is 0.433 e. The summed E-state index contributed by atoms with van der Waals surface area (Å²) in [5.41, 5.74) is -1.15. The molecule has 0 atom stereocenters. The third-order valence-corrected chi connectivity index (χ3v) is 1.01. The van der Waals surface area contributed by atoms with E-state index >= 15 is 0 Å². The topological polar surface area (TPSA) is 32.8 Å². The van der Waals surface area contributed by atoms with Gasteiger partial charge in [0, 0.05) is 6.07 Å². The summed E-state index contributed by atoms with van der Waals surface area (Å²) in [5.74, 6) is -0.875. The van der Waals surface area contributed by atoms with E-state index in [0.717, 1.165) is 18.2 Å². The molecule has 0 aliphatic rings. The Labute approximate surface area is 60.3 Å². The molecule has 1 aromatic rings. The van der Waals surface area contributed by atoms with E-state index in [1.54, 1.807) is 0 Å². The number of nitrogens with zero attached hydrogens (tertiary/aromatic N) is 1. The van der Waals surface area contributed by atoms with E-state index < -0.39 is 17.8 Å². The van der Waals surface area contributed by atoms with Crippen molar-refractivity contribution < 1.29 is 18.3 Å². The van der Waals surface area contributed by atoms with Crippen LogP contribution in [0.15, 0.2) is 18.2 Å². The van der Waals surface area contributed by atoms with Crippen LogP contribution in [-0.4, -0.2) is 4.98 Å². The number of hydrogen-bond donors (Lipinski definition) is 0. The van der Waals surface area contributed by atoms with Gasteiger partial charge in [0.1, 0.15) is 5.69 Å². The fraction of sp³-hybridized carbons (Fsp3) is 0.167. The molecule has 59 valence electrons. The Morgan fingerprint density at radius 3 is 2.27 bits per heavy atom. The second-order valence-electron chi connectivity index (χ2n) is 1.86. The average Bonchev–Trinajstić information content (AvgIpc) is 1.86. The molecule has 0 unspecified atom stereocenters. The van der Waals surface area contributed by atoms with Crippen LogP contribution in [0.5, 0.6) is 5.88 Å². The van der Waals surface area contributed by atoms with Gasteiger partial charge in [-0.25, -0.2) is 4.98 Å². The Balaban J connectivity index is 3.06. The second kappa shape index (κ2) is 2.41. The van der Waals surface area contributed by atoms with Crippen molar-refractivity contribution in [1.29, 1.82) is 0 Å². The molecule has 2 nitrogen and oxygen atoms in total. The molecule has 0 saturated carbocycles. The maximum absolute atomic E-state index is 11.8. The predicted molar refractivity (Wildman–Crippen MR) is 29.4 cm³/mol. The average molecular weight is 162 g/mol. The standard InChI is InChI=1S/C6H3F3NO/c7-6(8,9)4-2-1-3-5(11)10-4/h1-3H. The van der Waals surface area contributed by atoms with Crippen molar-refractivity contribution in [3.63, 3.8) is 0 Å². The van der Waals surface area contributed by atoms with Crippen LogP contribution < -0.4 is 0 Å². The minimum absolute atomic E-state index is 0.751. The van der Waals surface area contributed by atoms with Crippen molar-refractivity contribution in [3.05, 3.63) is 23.9 Å². The van der Waals surface area contributed by atoms with Gasteiger partial charge in [0.15, 0.2) is 0 Å². The molecule has 0 bridgehead atoms. The lowest BCUT2D eigenvalue weighted by Crippen LogP contribution is -2.06. The zero-order valence-corrected chi connectivity index (χ0v) is 5.22. The molecule has 0 aromatic carbocycles. The van der Waals surface area contributed by atoms with Gasteiger partial charge < -0.3 is 0 Å². The van der Waals surface area contributed by atoms with Crippen LogP contribution in [0.3, 0.4) is 0 Å². The summed E-state index contributed by atoms with van der Waals surface area (Å²) in [6.45, 7) is 0. The molecular weight excluding hydrogens is 159 g/mol. The molecule has 0 amide bonds. The van der Waals surface area contributed by atoms with Crippen LogP contribution in [0.25, 0.3) is 0 Å². The normalized spacial score (nSPS) is 11.5. The number of hydrogen-bond acceptors (Lipinski definition) is 1. The predicted octanol–water partition coefficient (Wildman–Crippen LogP) is 2.24. The summed E-state index contributed by atoms with van der Waals surface area (Å²) < 4.78 is 35.3. The smallest absolute Gasteiger partial charge is 0.267 e. The first kappa shape index (κ1) is 7.84. The second-order valence-corrected chi connectivity index (χ2v) is 1.86. The lowest BCUT2D eigenvalue weighted by molar-refractivity contribution is -0.141. The van der Waals surface area contributed by atoms with E-state index in [2.05, 4.69) is 4.98 Å². The molecule has 0 aliphatic carbocycles. The van der Waals surface area contributed by atoms with Gasteiger partial charge in [-0.3, -0.25) is 5.11 Å². The summed E-state index contributed by atoms with van der Waals surface area (Å²) in [6.07, 6.45) is -4.53. The van der Waals surface area contributed by atoms with Crippen LogP contribution in [0.1, 0.15) is 5.69 Å². The molecule has 5 heteroatoms. The van der Waals surface area contributed by atoms with E-state index in [4.69, 9.17) is 0 Å². The van der Waals surface area contributed by atoms with Gasteiger partial charge in [-0.15, -0.1) is 0 Å². The highest BCUT2D eigenvalue weighted by Gasteiger charge is 2.32. The minimum atomic E-state index is -4.53. The van der Waals surface area contributed by atoms with Gasteiger partial charge in [0.2, 0.25) is 0 Å². The number of alkyl halides is 3.